The summed E-state index contributed by atoms with van der Waals surface area (Å²) in [5, 5.41) is 0. The predicted octanol–water partition coefficient (Wildman–Crippen LogP) is 3.15. The average molecular weight is 304 g/mol. The Hall–Kier alpha value is -3.18. The van der Waals surface area contributed by atoms with Crippen LogP contribution in [0.25, 0.3) is 0 Å². The van der Waals surface area contributed by atoms with E-state index in [0.717, 1.165) is 22.5 Å². The lowest BCUT2D eigenvalue weighted by Crippen LogP contribution is -1.80. The standard InChI is InChI=1S/C18H14N4.H2O/c1-2-18(22-14-16-7-11-20-12-8-16)4-3-17(1)21-13-15-5-9-19-10-6-15;/h1-14H;1H2. The molecular weight excluding hydrogens is 288 g/mol. The van der Waals surface area contributed by atoms with Crippen LogP contribution in [0.3, 0.4) is 0 Å². The molecule has 0 bridgehead atoms. The van der Waals surface area contributed by atoms with Crippen LogP contribution in [0.1, 0.15) is 11.1 Å². The van der Waals surface area contributed by atoms with E-state index >= 15 is 0 Å². The zero-order valence-electron chi connectivity index (χ0n) is 12.4. The molecule has 0 saturated heterocycles. The van der Waals surface area contributed by atoms with E-state index in [4.69, 9.17) is 0 Å². The fraction of sp³-hybridized carbons (Fsp3) is 0. The second-order valence-corrected chi connectivity index (χ2v) is 4.59. The van der Waals surface area contributed by atoms with E-state index in [1.165, 1.54) is 0 Å². The number of pyridine rings is 2. The quantitative estimate of drug-likeness (QED) is 0.694. The maximum atomic E-state index is 4.42. The molecule has 0 aliphatic rings. The number of aromatic nitrogens is 2. The van der Waals surface area contributed by atoms with Gasteiger partial charge in [0.15, 0.2) is 0 Å². The Morgan fingerprint density at radius 3 is 1.26 bits per heavy atom. The van der Waals surface area contributed by atoms with Gasteiger partial charge in [0.05, 0.1) is 11.4 Å². The van der Waals surface area contributed by atoms with Gasteiger partial charge in [0.25, 0.3) is 0 Å². The first-order chi connectivity index (χ1) is 10.9. The Labute approximate surface area is 134 Å². The van der Waals surface area contributed by atoms with Crippen LogP contribution in [0.2, 0.25) is 0 Å². The number of nitrogens with zero attached hydrogens (tertiary/aromatic N) is 4. The van der Waals surface area contributed by atoms with E-state index in [1.807, 2.05) is 61.0 Å². The van der Waals surface area contributed by atoms with Crippen LogP contribution in [0.5, 0.6) is 0 Å². The van der Waals surface area contributed by atoms with Crippen LogP contribution in [0.4, 0.5) is 11.4 Å². The molecule has 0 radical (unpaired) electrons. The Morgan fingerprint density at radius 1 is 0.565 bits per heavy atom. The van der Waals surface area contributed by atoms with Crippen LogP contribution in [0.15, 0.2) is 83.3 Å². The monoisotopic (exact) mass is 304 g/mol. The van der Waals surface area contributed by atoms with Gasteiger partial charge in [-0.3, -0.25) is 20.0 Å². The van der Waals surface area contributed by atoms with Crippen molar-refractivity contribution in [2.75, 3.05) is 0 Å². The van der Waals surface area contributed by atoms with E-state index in [9.17, 15) is 0 Å². The molecule has 0 saturated carbocycles. The van der Waals surface area contributed by atoms with Gasteiger partial charge in [-0.05, 0) is 59.7 Å². The Balaban J connectivity index is 0.00000192. The molecule has 0 aliphatic carbocycles. The first-order valence-corrected chi connectivity index (χ1v) is 6.88. The third-order valence-electron chi connectivity index (χ3n) is 2.99. The van der Waals surface area contributed by atoms with Crippen molar-refractivity contribution in [3.63, 3.8) is 0 Å². The molecule has 114 valence electrons. The molecule has 0 spiro atoms. The third-order valence-corrected chi connectivity index (χ3v) is 2.99. The number of aliphatic imine (C=N–C) groups is 2. The second-order valence-electron chi connectivity index (χ2n) is 4.59. The second kappa shape index (κ2) is 8.31. The number of hydrogen-bond acceptors (Lipinski definition) is 4. The first kappa shape index (κ1) is 16.2. The molecule has 2 heterocycles. The van der Waals surface area contributed by atoms with Gasteiger partial charge in [0.1, 0.15) is 0 Å². The normalized spacial score (nSPS) is 10.8. The summed E-state index contributed by atoms with van der Waals surface area (Å²) in [6, 6.07) is 15.4. The van der Waals surface area contributed by atoms with Gasteiger partial charge in [-0.1, -0.05) is 0 Å². The van der Waals surface area contributed by atoms with Gasteiger partial charge in [0, 0.05) is 37.2 Å². The van der Waals surface area contributed by atoms with Crippen molar-refractivity contribution >= 4 is 23.8 Å². The van der Waals surface area contributed by atoms with Crippen LogP contribution in [-0.2, 0) is 0 Å². The summed E-state index contributed by atoms with van der Waals surface area (Å²) >= 11 is 0. The summed E-state index contributed by atoms with van der Waals surface area (Å²) in [4.78, 5) is 16.8. The smallest absolute Gasteiger partial charge is 0.0631 e. The van der Waals surface area contributed by atoms with Crippen molar-refractivity contribution in [2.45, 2.75) is 0 Å². The summed E-state index contributed by atoms with van der Waals surface area (Å²) in [6.07, 6.45) is 10.6. The maximum absolute atomic E-state index is 4.42. The van der Waals surface area contributed by atoms with Gasteiger partial charge in [-0.25, -0.2) is 0 Å². The lowest BCUT2D eigenvalue weighted by atomic mass is 10.2. The topological polar surface area (TPSA) is 82.0 Å². The van der Waals surface area contributed by atoms with E-state index in [-0.39, 0.29) is 5.48 Å². The van der Waals surface area contributed by atoms with Gasteiger partial charge in [-0.2, -0.15) is 0 Å². The molecule has 2 aromatic heterocycles. The predicted molar refractivity (Wildman–Crippen MR) is 93.0 cm³/mol. The van der Waals surface area contributed by atoms with Gasteiger partial charge in [-0.15, -0.1) is 0 Å². The molecule has 0 aliphatic heterocycles. The highest BCUT2D eigenvalue weighted by Gasteiger charge is 1.92. The van der Waals surface area contributed by atoms with Crippen molar-refractivity contribution in [3.05, 3.63) is 84.4 Å². The van der Waals surface area contributed by atoms with Gasteiger partial charge >= 0.3 is 0 Å². The molecule has 23 heavy (non-hydrogen) atoms. The Morgan fingerprint density at radius 2 is 0.913 bits per heavy atom. The summed E-state index contributed by atoms with van der Waals surface area (Å²) in [6.45, 7) is 0. The zero-order valence-corrected chi connectivity index (χ0v) is 12.4. The molecule has 3 aromatic rings. The Bertz CT molecular complexity index is 701. The third kappa shape index (κ3) is 4.94. The Kier molecular flexibility index (Phi) is 5.85. The van der Waals surface area contributed by atoms with Gasteiger partial charge < -0.3 is 5.48 Å². The fourth-order valence-corrected chi connectivity index (χ4v) is 1.82. The summed E-state index contributed by atoms with van der Waals surface area (Å²) in [7, 11) is 0. The number of hydrogen-bond donors (Lipinski definition) is 0. The van der Waals surface area contributed by atoms with Crippen LogP contribution < -0.4 is 0 Å². The molecule has 0 atom stereocenters. The van der Waals surface area contributed by atoms with E-state index in [1.54, 1.807) is 24.8 Å². The summed E-state index contributed by atoms with van der Waals surface area (Å²) in [5.41, 5.74) is 3.82. The van der Waals surface area contributed by atoms with Crippen molar-refractivity contribution < 1.29 is 5.48 Å². The maximum Gasteiger partial charge on any atom is 0.0631 e. The average Bonchev–Trinajstić information content (AvgIpc) is 2.61. The lowest BCUT2D eigenvalue weighted by molar-refractivity contribution is 0.824. The molecule has 3 rings (SSSR count). The largest absolute Gasteiger partial charge is 0.412 e. The summed E-state index contributed by atoms with van der Waals surface area (Å²) in [5.74, 6) is 0. The van der Waals surface area contributed by atoms with E-state index in [0.29, 0.717) is 0 Å². The van der Waals surface area contributed by atoms with E-state index in [2.05, 4.69) is 20.0 Å². The SMILES string of the molecule is C(=Nc1ccc(N=Cc2ccncc2)cc1)c1ccncc1.O. The molecule has 0 unspecified atom stereocenters. The molecule has 2 N–H and O–H groups in total. The molecular formula is C18H16N4O. The molecule has 5 nitrogen and oxygen atoms in total. The van der Waals surface area contributed by atoms with Crippen LogP contribution in [-0.4, -0.2) is 27.9 Å². The fourth-order valence-electron chi connectivity index (χ4n) is 1.82. The molecule has 5 heteroatoms. The van der Waals surface area contributed by atoms with Crippen LogP contribution in [0, 0.1) is 0 Å². The van der Waals surface area contributed by atoms with Crippen molar-refractivity contribution in [3.8, 4) is 0 Å². The number of benzene rings is 1. The van der Waals surface area contributed by atoms with Crippen molar-refractivity contribution in [1.29, 1.82) is 0 Å². The first-order valence-electron chi connectivity index (χ1n) is 6.88. The van der Waals surface area contributed by atoms with Crippen molar-refractivity contribution in [2.24, 2.45) is 9.98 Å². The minimum Gasteiger partial charge on any atom is -0.412 e. The minimum absolute atomic E-state index is 0. The highest BCUT2D eigenvalue weighted by Crippen LogP contribution is 2.18. The highest BCUT2D eigenvalue weighted by atomic mass is 16.0. The zero-order chi connectivity index (χ0) is 15.0. The minimum atomic E-state index is 0. The molecule has 0 fully saturated rings. The lowest BCUT2D eigenvalue weighted by Gasteiger charge is -1.96. The van der Waals surface area contributed by atoms with Gasteiger partial charge in [0.2, 0.25) is 0 Å². The van der Waals surface area contributed by atoms with Crippen molar-refractivity contribution in [1.82, 2.24) is 9.97 Å². The highest BCUT2D eigenvalue weighted by molar-refractivity contribution is 5.82. The van der Waals surface area contributed by atoms with Crippen LogP contribution >= 0.6 is 0 Å². The number of rotatable bonds is 4. The molecule has 0 amide bonds. The molecule has 1 aromatic carbocycles. The van der Waals surface area contributed by atoms with E-state index < -0.39 is 0 Å². The summed E-state index contributed by atoms with van der Waals surface area (Å²) < 4.78 is 0.